The van der Waals surface area contributed by atoms with E-state index < -0.39 is 0 Å². The molecule has 2 aliphatic heterocycles. The molecule has 0 aromatic carbocycles. The summed E-state index contributed by atoms with van der Waals surface area (Å²) in [5.74, 6) is 0. The summed E-state index contributed by atoms with van der Waals surface area (Å²) in [6.07, 6.45) is 7.49. The highest BCUT2D eigenvalue weighted by Crippen LogP contribution is 2.04. The monoisotopic (exact) mass is 198 g/mol. The van der Waals surface area contributed by atoms with Crippen molar-refractivity contribution >= 4 is 6.41 Å². The molecule has 0 saturated carbocycles. The molecule has 82 valence electrons. The molecule has 3 heteroatoms. The second-order valence-corrected chi connectivity index (χ2v) is 4.20. The maximum atomic E-state index is 9.93. The average Bonchev–Trinajstić information content (AvgIpc) is 2.72. The Morgan fingerprint density at radius 3 is 2.21 bits per heavy atom. The molecule has 2 saturated heterocycles. The van der Waals surface area contributed by atoms with E-state index in [1.807, 2.05) is 0 Å². The van der Waals surface area contributed by atoms with Gasteiger partial charge in [-0.3, -0.25) is 4.79 Å². The number of carbonyl (C=O) groups excluding carboxylic acids is 1. The molecule has 0 bridgehead atoms. The van der Waals surface area contributed by atoms with Gasteiger partial charge in [0.15, 0.2) is 0 Å². The Hall–Kier alpha value is -0.570. The summed E-state index contributed by atoms with van der Waals surface area (Å²) in [7, 11) is 0. The number of likely N-dealkylation sites (tertiary alicyclic amines) is 1. The molecule has 3 nitrogen and oxygen atoms in total. The highest BCUT2D eigenvalue weighted by atomic mass is 16.1. The minimum Gasteiger partial charge on any atom is -0.345 e. The number of carbonyl (C=O) groups is 1. The lowest BCUT2D eigenvalue weighted by Crippen LogP contribution is -2.30. The third kappa shape index (κ3) is 4.61. The summed E-state index contributed by atoms with van der Waals surface area (Å²) >= 11 is 0. The highest BCUT2D eigenvalue weighted by Gasteiger charge is 2.06. The van der Waals surface area contributed by atoms with Crippen LogP contribution >= 0.6 is 0 Å². The maximum absolute atomic E-state index is 9.93. The van der Waals surface area contributed by atoms with Crippen LogP contribution in [0.4, 0.5) is 0 Å². The minimum absolute atomic E-state index is 0.786. The van der Waals surface area contributed by atoms with E-state index in [2.05, 4.69) is 12.2 Å². The Labute approximate surface area is 86.9 Å². The van der Waals surface area contributed by atoms with Gasteiger partial charge in [0.2, 0.25) is 6.41 Å². The fourth-order valence-electron chi connectivity index (χ4n) is 1.87. The summed E-state index contributed by atoms with van der Waals surface area (Å²) < 4.78 is 0. The number of amides is 1. The van der Waals surface area contributed by atoms with Crippen LogP contribution in [-0.4, -0.2) is 37.0 Å². The third-order valence-electron chi connectivity index (χ3n) is 2.85. The van der Waals surface area contributed by atoms with Gasteiger partial charge in [-0.1, -0.05) is 6.42 Å². The van der Waals surface area contributed by atoms with Crippen LogP contribution in [-0.2, 0) is 4.79 Å². The SMILES string of the molecule is CC1CCCCN1.O=CN1CCCC1. The Morgan fingerprint density at radius 2 is 1.93 bits per heavy atom. The van der Waals surface area contributed by atoms with Crippen LogP contribution in [0.5, 0.6) is 0 Å². The predicted molar refractivity (Wildman–Crippen MR) is 58.2 cm³/mol. The third-order valence-corrected chi connectivity index (χ3v) is 2.85. The number of piperidine rings is 1. The lowest BCUT2D eigenvalue weighted by atomic mass is 10.1. The van der Waals surface area contributed by atoms with Crippen molar-refractivity contribution < 1.29 is 4.79 Å². The molecule has 1 unspecified atom stereocenters. The number of nitrogens with zero attached hydrogens (tertiary/aromatic N) is 1. The Balaban J connectivity index is 0.000000140. The molecule has 1 amide bonds. The van der Waals surface area contributed by atoms with E-state index in [9.17, 15) is 4.79 Å². The van der Waals surface area contributed by atoms with E-state index in [1.165, 1.54) is 38.6 Å². The van der Waals surface area contributed by atoms with Gasteiger partial charge < -0.3 is 10.2 Å². The van der Waals surface area contributed by atoms with E-state index in [1.54, 1.807) is 4.90 Å². The van der Waals surface area contributed by atoms with Gasteiger partial charge in [-0.05, 0) is 39.2 Å². The van der Waals surface area contributed by atoms with Crippen LogP contribution in [0.1, 0.15) is 39.0 Å². The molecule has 0 spiro atoms. The van der Waals surface area contributed by atoms with Crippen molar-refractivity contribution in [3.63, 3.8) is 0 Å². The summed E-state index contributed by atoms with van der Waals surface area (Å²) in [6.45, 7) is 5.44. The fourth-order valence-corrected chi connectivity index (χ4v) is 1.87. The van der Waals surface area contributed by atoms with Crippen molar-refractivity contribution in [2.75, 3.05) is 19.6 Å². The van der Waals surface area contributed by atoms with Gasteiger partial charge in [-0.2, -0.15) is 0 Å². The molecule has 0 aliphatic carbocycles. The van der Waals surface area contributed by atoms with Crippen molar-refractivity contribution in [1.82, 2.24) is 10.2 Å². The molecule has 0 aromatic rings. The molecule has 14 heavy (non-hydrogen) atoms. The van der Waals surface area contributed by atoms with Crippen LogP contribution in [0.2, 0.25) is 0 Å². The van der Waals surface area contributed by atoms with Gasteiger partial charge in [0, 0.05) is 19.1 Å². The van der Waals surface area contributed by atoms with Crippen molar-refractivity contribution in [3.8, 4) is 0 Å². The molecular formula is C11H22N2O. The first kappa shape index (κ1) is 11.5. The first-order valence-corrected chi connectivity index (χ1v) is 5.75. The predicted octanol–water partition coefficient (Wildman–Crippen LogP) is 1.39. The minimum atomic E-state index is 0.786. The van der Waals surface area contributed by atoms with E-state index in [4.69, 9.17) is 0 Å². The Bertz CT molecular complexity index is 149. The first-order chi connectivity index (χ1) is 6.83. The Morgan fingerprint density at radius 1 is 1.21 bits per heavy atom. The number of nitrogens with one attached hydrogen (secondary N) is 1. The molecule has 2 heterocycles. The lowest BCUT2D eigenvalue weighted by Gasteiger charge is -2.18. The zero-order valence-corrected chi connectivity index (χ0v) is 9.17. The van der Waals surface area contributed by atoms with Crippen LogP contribution in [0.25, 0.3) is 0 Å². The highest BCUT2D eigenvalue weighted by molar-refractivity contribution is 5.47. The van der Waals surface area contributed by atoms with Crippen molar-refractivity contribution in [1.29, 1.82) is 0 Å². The van der Waals surface area contributed by atoms with Gasteiger partial charge in [-0.15, -0.1) is 0 Å². The topological polar surface area (TPSA) is 32.3 Å². The molecule has 2 rings (SSSR count). The zero-order chi connectivity index (χ0) is 10.2. The summed E-state index contributed by atoms with van der Waals surface area (Å²) in [5, 5.41) is 3.38. The van der Waals surface area contributed by atoms with E-state index in [0.717, 1.165) is 25.5 Å². The van der Waals surface area contributed by atoms with Crippen molar-refractivity contribution in [2.24, 2.45) is 0 Å². The molecule has 2 aliphatic rings. The molecular weight excluding hydrogens is 176 g/mol. The quantitative estimate of drug-likeness (QED) is 0.646. The summed E-state index contributed by atoms with van der Waals surface area (Å²) in [4.78, 5) is 11.7. The molecule has 0 aromatic heterocycles. The second kappa shape index (κ2) is 6.82. The second-order valence-electron chi connectivity index (χ2n) is 4.20. The maximum Gasteiger partial charge on any atom is 0.209 e. The van der Waals surface area contributed by atoms with E-state index >= 15 is 0 Å². The lowest BCUT2D eigenvalue weighted by molar-refractivity contribution is -0.117. The van der Waals surface area contributed by atoms with E-state index in [0.29, 0.717) is 0 Å². The summed E-state index contributed by atoms with van der Waals surface area (Å²) in [6, 6.07) is 0.786. The van der Waals surface area contributed by atoms with Gasteiger partial charge in [-0.25, -0.2) is 0 Å². The van der Waals surface area contributed by atoms with Gasteiger partial charge >= 0.3 is 0 Å². The first-order valence-electron chi connectivity index (χ1n) is 5.75. The van der Waals surface area contributed by atoms with Gasteiger partial charge in [0.1, 0.15) is 0 Å². The number of hydrogen-bond acceptors (Lipinski definition) is 2. The zero-order valence-electron chi connectivity index (χ0n) is 9.17. The molecule has 0 radical (unpaired) electrons. The van der Waals surface area contributed by atoms with Crippen LogP contribution < -0.4 is 5.32 Å². The number of rotatable bonds is 1. The van der Waals surface area contributed by atoms with Crippen LogP contribution in [0.3, 0.4) is 0 Å². The standard InChI is InChI=1S/C6H13N.C5H9NO/c1-6-4-2-3-5-7-6;7-5-6-3-1-2-4-6/h6-7H,2-5H2,1H3;5H,1-4H2. The molecule has 1 N–H and O–H groups in total. The molecule has 2 fully saturated rings. The van der Waals surface area contributed by atoms with Crippen molar-refractivity contribution in [3.05, 3.63) is 0 Å². The smallest absolute Gasteiger partial charge is 0.209 e. The average molecular weight is 198 g/mol. The molecule has 1 atom stereocenters. The van der Waals surface area contributed by atoms with E-state index in [-0.39, 0.29) is 0 Å². The fraction of sp³-hybridized carbons (Fsp3) is 0.909. The van der Waals surface area contributed by atoms with Gasteiger partial charge in [0.25, 0.3) is 0 Å². The van der Waals surface area contributed by atoms with Crippen LogP contribution in [0, 0.1) is 0 Å². The Kier molecular flexibility index (Phi) is 5.60. The normalized spacial score (nSPS) is 26.6. The van der Waals surface area contributed by atoms with Crippen LogP contribution in [0.15, 0.2) is 0 Å². The summed E-state index contributed by atoms with van der Waals surface area (Å²) in [5.41, 5.74) is 0. The van der Waals surface area contributed by atoms with Gasteiger partial charge in [0.05, 0.1) is 0 Å². The largest absolute Gasteiger partial charge is 0.345 e. The van der Waals surface area contributed by atoms with Crippen molar-refractivity contribution in [2.45, 2.75) is 45.1 Å². The number of hydrogen-bond donors (Lipinski definition) is 1.